The molecule has 0 heterocycles. The zero-order valence-corrected chi connectivity index (χ0v) is 12.2. The van der Waals surface area contributed by atoms with E-state index in [1.165, 1.54) is 11.1 Å². The number of anilines is 1. The van der Waals surface area contributed by atoms with E-state index in [4.69, 9.17) is 11.6 Å². The van der Waals surface area contributed by atoms with E-state index in [1.54, 1.807) is 0 Å². The highest BCUT2D eigenvalue weighted by Crippen LogP contribution is 2.26. The van der Waals surface area contributed by atoms with Crippen LogP contribution in [0.2, 0.25) is 5.02 Å². The summed E-state index contributed by atoms with van der Waals surface area (Å²) in [6.07, 6.45) is 1.09. The number of hydrogen-bond donors (Lipinski definition) is 1. The summed E-state index contributed by atoms with van der Waals surface area (Å²) in [4.78, 5) is 0. The van der Waals surface area contributed by atoms with Gasteiger partial charge >= 0.3 is 0 Å². The van der Waals surface area contributed by atoms with Gasteiger partial charge in [-0.05, 0) is 36.5 Å². The molecule has 0 aliphatic heterocycles. The molecule has 19 heavy (non-hydrogen) atoms. The Morgan fingerprint density at radius 3 is 2.47 bits per heavy atom. The van der Waals surface area contributed by atoms with Crippen molar-refractivity contribution in [3.05, 3.63) is 64.7 Å². The van der Waals surface area contributed by atoms with Gasteiger partial charge in [0.15, 0.2) is 0 Å². The Bertz CT molecular complexity index is 502. The molecule has 0 saturated heterocycles. The normalized spacial score (nSPS) is 12.2. The van der Waals surface area contributed by atoms with Crippen molar-refractivity contribution >= 4 is 17.3 Å². The summed E-state index contributed by atoms with van der Waals surface area (Å²) in [5.41, 5.74) is 3.64. The molecule has 0 bridgehead atoms. The van der Waals surface area contributed by atoms with E-state index in [9.17, 15) is 0 Å². The number of para-hydroxylation sites is 1. The third-order valence-corrected chi connectivity index (χ3v) is 3.78. The third-order valence-electron chi connectivity index (χ3n) is 3.47. The lowest BCUT2D eigenvalue weighted by molar-refractivity contribution is 0.706. The van der Waals surface area contributed by atoms with Gasteiger partial charge in [0.25, 0.3) is 0 Å². The van der Waals surface area contributed by atoms with Gasteiger partial charge in [-0.25, -0.2) is 0 Å². The molecule has 1 atom stereocenters. The molecule has 2 heteroatoms. The molecule has 2 aromatic carbocycles. The minimum absolute atomic E-state index is 0.552. The van der Waals surface area contributed by atoms with Crippen LogP contribution in [0.4, 0.5) is 5.69 Å². The average Bonchev–Trinajstić information content (AvgIpc) is 2.43. The fourth-order valence-corrected chi connectivity index (χ4v) is 2.51. The molecule has 0 radical (unpaired) electrons. The van der Waals surface area contributed by atoms with Crippen molar-refractivity contribution in [2.45, 2.75) is 26.2 Å². The van der Waals surface area contributed by atoms with E-state index in [0.717, 1.165) is 23.7 Å². The molecule has 0 aliphatic carbocycles. The van der Waals surface area contributed by atoms with Crippen LogP contribution in [-0.2, 0) is 0 Å². The molecule has 0 fully saturated rings. The van der Waals surface area contributed by atoms with Crippen LogP contribution in [0.5, 0.6) is 0 Å². The van der Waals surface area contributed by atoms with Crippen LogP contribution in [-0.4, -0.2) is 6.54 Å². The lowest BCUT2D eigenvalue weighted by Gasteiger charge is -2.15. The second-order valence-electron chi connectivity index (χ2n) is 4.96. The minimum Gasteiger partial charge on any atom is -0.384 e. The summed E-state index contributed by atoms with van der Waals surface area (Å²) in [6, 6.07) is 16.6. The van der Waals surface area contributed by atoms with Gasteiger partial charge in [-0.2, -0.15) is 0 Å². The van der Waals surface area contributed by atoms with E-state index in [1.807, 2.05) is 12.1 Å². The van der Waals surface area contributed by atoms with Crippen LogP contribution in [0.1, 0.15) is 30.4 Å². The van der Waals surface area contributed by atoms with Crippen molar-refractivity contribution in [1.82, 2.24) is 0 Å². The Kier molecular flexibility index (Phi) is 4.86. The maximum absolute atomic E-state index is 6.20. The van der Waals surface area contributed by atoms with Crippen LogP contribution >= 0.6 is 11.6 Å². The fraction of sp³-hybridized carbons (Fsp3) is 0.294. The van der Waals surface area contributed by atoms with Crippen molar-refractivity contribution < 1.29 is 0 Å². The predicted octanol–water partition coefficient (Wildman–Crippen LogP) is 5.25. The lowest BCUT2D eigenvalue weighted by atomic mass is 9.98. The van der Waals surface area contributed by atoms with E-state index >= 15 is 0 Å². The lowest BCUT2D eigenvalue weighted by Crippen LogP contribution is -2.07. The topological polar surface area (TPSA) is 12.0 Å². The Morgan fingerprint density at radius 1 is 1.05 bits per heavy atom. The average molecular weight is 274 g/mol. The number of nitrogens with one attached hydrogen (secondary N) is 1. The first-order valence-electron chi connectivity index (χ1n) is 6.72. The van der Waals surface area contributed by atoms with E-state index in [-0.39, 0.29) is 0 Å². The van der Waals surface area contributed by atoms with E-state index < -0.39 is 0 Å². The highest BCUT2D eigenvalue weighted by atomic mass is 35.5. The molecule has 1 unspecified atom stereocenters. The predicted molar refractivity (Wildman–Crippen MR) is 84.2 cm³/mol. The van der Waals surface area contributed by atoms with E-state index in [0.29, 0.717) is 5.92 Å². The van der Waals surface area contributed by atoms with Crippen LogP contribution in [0.25, 0.3) is 0 Å². The monoisotopic (exact) mass is 273 g/mol. The Hall–Kier alpha value is -1.47. The molecule has 1 N–H and O–H groups in total. The molecule has 0 aromatic heterocycles. The summed E-state index contributed by atoms with van der Waals surface area (Å²) in [5.74, 6) is 0.552. The summed E-state index contributed by atoms with van der Waals surface area (Å²) in [6.45, 7) is 5.27. The zero-order chi connectivity index (χ0) is 13.7. The molecule has 0 aliphatic rings. The Labute approximate surface area is 120 Å². The summed E-state index contributed by atoms with van der Waals surface area (Å²) in [5, 5.41) is 4.25. The third kappa shape index (κ3) is 3.74. The molecule has 2 aromatic rings. The summed E-state index contributed by atoms with van der Waals surface area (Å²) >= 11 is 6.20. The molecule has 1 nitrogen and oxygen atoms in total. The number of halogens is 1. The molecule has 100 valence electrons. The van der Waals surface area contributed by atoms with Gasteiger partial charge in [0.05, 0.1) is 10.7 Å². The quantitative estimate of drug-likeness (QED) is 0.784. The highest BCUT2D eigenvalue weighted by molar-refractivity contribution is 6.33. The first-order chi connectivity index (χ1) is 9.18. The first-order valence-corrected chi connectivity index (χ1v) is 7.10. The van der Waals surface area contributed by atoms with Gasteiger partial charge in [0, 0.05) is 6.54 Å². The van der Waals surface area contributed by atoms with Gasteiger partial charge in [0.1, 0.15) is 0 Å². The molecular weight excluding hydrogens is 254 g/mol. The molecule has 0 spiro atoms. The zero-order valence-electron chi connectivity index (χ0n) is 11.5. The van der Waals surface area contributed by atoms with Crippen molar-refractivity contribution in [2.24, 2.45) is 0 Å². The first kappa shape index (κ1) is 14.0. The van der Waals surface area contributed by atoms with Gasteiger partial charge in [-0.3, -0.25) is 0 Å². The molecule has 0 amide bonds. The van der Waals surface area contributed by atoms with Crippen molar-refractivity contribution in [3.8, 4) is 0 Å². The van der Waals surface area contributed by atoms with Crippen LogP contribution in [0.3, 0.4) is 0 Å². The SMILES string of the molecule is Cc1cccc(Cl)c1NCCC(C)c1ccccc1. The standard InChI is InChI=1S/C17H20ClN/c1-13(15-8-4-3-5-9-15)11-12-19-17-14(2)7-6-10-16(17)18/h3-10,13,19H,11-12H2,1-2H3. The van der Waals surface area contributed by atoms with Crippen molar-refractivity contribution in [2.75, 3.05) is 11.9 Å². The van der Waals surface area contributed by atoms with Gasteiger partial charge in [-0.1, -0.05) is 61.0 Å². The molecular formula is C17H20ClN. The minimum atomic E-state index is 0.552. The van der Waals surface area contributed by atoms with Gasteiger partial charge < -0.3 is 5.32 Å². The second-order valence-corrected chi connectivity index (χ2v) is 5.37. The van der Waals surface area contributed by atoms with Crippen LogP contribution < -0.4 is 5.32 Å². The second kappa shape index (κ2) is 6.63. The number of aryl methyl sites for hydroxylation is 1. The number of hydrogen-bond acceptors (Lipinski definition) is 1. The maximum Gasteiger partial charge on any atom is 0.0640 e. The van der Waals surface area contributed by atoms with Gasteiger partial charge in [0.2, 0.25) is 0 Å². The highest BCUT2D eigenvalue weighted by Gasteiger charge is 2.06. The number of rotatable bonds is 5. The van der Waals surface area contributed by atoms with Crippen LogP contribution in [0, 0.1) is 6.92 Å². The Balaban J connectivity index is 1.90. The number of benzene rings is 2. The maximum atomic E-state index is 6.20. The smallest absolute Gasteiger partial charge is 0.0640 e. The fourth-order valence-electron chi connectivity index (χ4n) is 2.22. The van der Waals surface area contributed by atoms with E-state index in [2.05, 4.69) is 55.6 Å². The molecule has 2 rings (SSSR count). The molecule has 0 saturated carbocycles. The summed E-state index contributed by atoms with van der Waals surface area (Å²) < 4.78 is 0. The summed E-state index contributed by atoms with van der Waals surface area (Å²) in [7, 11) is 0. The van der Waals surface area contributed by atoms with Gasteiger partial charge in [-0.15, -0.1) is 0 Å². The van der Waals surface area contributed by atoms with Crippen molar-refractivity contribution in [1.29, 1.82) is 0 Å². The van der Waals surface area contributed by atoms with Crippen molar-refractivity contribution in [3.63, 3.8) is 0 Å². The largest absolute Gasteiger partial charge is 0.384 e. The van der Waals surface area contributed by atoms with Crippen LogP contribution in [0.15, 0.2) is 48.5 Å². The Morgan fingerprint density at radius 2 is 1.79 bits per heavy atom.